The highest BCUT2D eigenvalue weighted by Gasteiger charge is 2.18. The zero-order chi connectivity index (χ0) is 19.0. The Bertz CT molecular complexity index is 603. The number of hydrogen-bond donors (Lipinski definition) is 1. The number of carbonyl (C=O) groups is 2. The van der Waals surface area contributed by atoms with Crippen LogP contribution >= 0.6 is 15.9 Å². The molecule has 0 aliphatic carbocycles. The Balaban J connectivity index is 2.75. The minimum absolute atomic E-state index is 0.00967. The average Bonchev–Trinajstić information content (AvgIpc) is 2.57. The number of carbonyl (C=O) groups excluding carboxylic acids is 2. The van der Waals surface area contributed by atoms with E-state index in [0.29, 0.717) is 28.5 Å². The fourth-order valence-electron chi connectivity index (χ4n) is 1.86. The van der Waals surface area contributed by atoms with Gasteiger partial charge in [-0.2, -0.15) is 0 Å². The molecule has 0 fully saturated rings. The smallest absolute Gasteiger partial charge is 0.338 e. The largest absolute Gasteiger partial charge is 0.493 e. The van der Waals surface area contributed by atoms with E-state index in [1.807, 2.05) is 27.7 Å². The molecule has 0 spiro atoms. The molecule has 0 heterocycles. The second kappa shape index (κ2) is 10.3. The SMILES string of the molecule is CCCOc1c(Br)cc(C(=O)OCC(=O)NC(C)C(C)C)cc1OC. The van der Waals surface area contributed by atoms with Crippen molar-refractivity contribution in [3.05, 3.63) is 22.2 Å². The van der Waals surface area contributed by atoms with Gasteiger partial charge in [0.05, 0.1) is 23.8 Å². The molecule has 1 rings (SSSR count). The number of rotatable bonds is 9. The van der Waals surface area contributed by atoms with Gasteiger partial charge in [0.2, 0.25) is 0 Å². The zero-order valence-corrected chi connectivity index (χ0v) is 16.9. The molecule has 1 unspecified atom stereocenters. The quantitative estimate of drug-likeness (QED) is 0.624. The lowest BCUT2D eigenvalue weighted by atomic mass is 10.1. The van der Waals surface area contributed by atoms with Gasteiger partial charge in [-0.3, -0.25) is 4.79 Å². The van der Waals surface area contributed by atoms with Gasteiger partial charge in [-0.05, 0) is 47.3 Å². The first-order valence-corrected chi connectivity index (χ1v) is 9.06. The van der Waals surface area contributed by atoms with Crippen LogP contribution in [0.1, 0.15) is 44.5 Å². The fourth-order valence-corrected chi connectivity index (χ4v) is 2.42. The van der Waals surface area contributed by atoms with Crippen LogP contribution in [0.5, 0.6) is 11.5 Å². The third-order valence-corrected chi connectivity index (χ3v) is 4.23. The summed E-state index contributed by atoms with van der Waals surface area (Å²) in [6.45, 7) is 8.11. The van der Waals surface area contributed by atoms with Crippen molar-refractivity contribution >= 4 is 27.8 Å². The highest BCUT2D eigenvalue weighted by atomic mass is 79.9. The van der Waals surface area contributed by atoms with Crippen LogP contribution in [0.4, 0.5) is 0 Å². The highest BCUT2D eigenvalue weighted by Crippen LogP contribution is 2.36. The lowest BCUT2D eigenvalue weighted by molar-refractivity contribution is -0.125. The summed E-state index contributed by atoms with van der Waals surface area (Å²) in [5.74, 6) is 0.324. The lowest BCUT2D eigenvalue weighted by Gasteiger charge is -2.17. The van der Waals surface area contributed by atoms with Crippen LogP contribution in [0, 0.1) is 5.92 Å². The van der Waals surface area contributed by atoms with E-state index in [4.69, 9.17) is 14.2 Å². The third-order valence-electron chi connectivity index (χ3n) is 3.64. The van der Waals surface area contributed by atoms with E-state index >= 15 is 0 Å². The Hall–Kier alpha value is -1.76. The molecule has 140 valence electrons. The van der Waals surface area contributed by atoms with Crippen molar-refractivity contribution in [2.45, 2.75) is 40.2 Å². The van der Waals surface area contributed by atoms with Crippen molar-refractivity contribution in [2.75, 3.05) is 20.3 Å². The van der Waals surface area contributed by atoms with Gasteiger partial charge < -0.3 is 19.5 Å². The van der Waals surface area contributed by atoms with Crippen molar-refractivity contribution in [3.63, 3.8) is 0 Å². The minimum atomic E-state index is -0.603. The molecule has 25 heavy (non-hydrogen) atoms. The van der Waals surface area contributed by atoms with E-state index < -0.39 is 5.97 Å². The first-order valence-electron chi connectivity index (χ1n) is 8.26. The van der Waals surface area contributed by atoms with E-state index in [2.05, 4.69) is 21.2 Å². The number of halogens is 1. The Morgan fingerprint density at radius 1 is 1.24 bits per heavy atom. The number of amides is 1. The molecular weight excluding hydrogens is 390 g/mol. The monoisotopic (exact) mass is 415 g/mol. The summed E-state index contributed by atoms with van der Waals surface area (Å²) in [5, 5.41) is 2.78. The van der Waals surface area contributed by atoms with Crippen LogP contribution in [0.15, 0.2) is 16.6 Å². The van der Waals surface area contributed by atoms with Crippen LogP contribution < -0.4 is 14.8 Å². The van der Waals surface area contributed by atoms with Gasteiger partial charge in [0, 0.05) is 6.04 Å². The molecule has 1 N–H and O–H groups in total. The van der Waals surface area contributed by atoms with Crippen LogP contribution in [0.3, 0.4) is 0 Å². The Morgan fingerprint density at radius 2 is 1.92 bits per heavy atom. The Morgan fingerprint density at radius 3 is 2.48 bits per heavy atom. The average molecular weight is 416 g/mol. The first-order chi connectivity index (χ1) is 11.8. The second-order valence-electron chi connectivity index (χ2n) is 6.01. The van der Waals surface area contributed by atoms with Crippen LogP contribution in [0.25, 0.3) is 0 Å². The maximum absolute atomic E-state index is 12.2. The number of ether oxygens (including phenoxy) is 3. The van der Waals surface area contributed by atoms with Gasteiger partial charge in [0.1, 0.15) is 0 Å². The van der Waals surface area contributed by atoms with Gasteiger partial charge in [-0.25, -0.2) is 4.79 Å². The summed E-state index contributed by atoms with van der Waals surface area (Å²) in [7, 11) is 1.50. The molecule has 1 atom stereocenters. The summed E-state index contributed by atoms with van der Waals surface area (Å²) < 4.78 is 16.6. The van der Waals surface area contributed by atoms with E-state index in [-0.39, 0.29) is 24.1 Å². The van der Waals surface area contributed by atoms with Gasteiger partial charge in [0.15, 0.2) is 18.1 Å². The fraction of sp³-hybridized carbons (Fsp3) is 0.556. The predicted octanol–water partition coefficient (Wildman–Crippen LogP) is 3.56. The predicted molar refractivity (Wildman–Crippen MR) is 99.2 cm³/mol. The van der Waals surface area contributed by atoms with Crippen molar-refractivity contribution in [2.24, 2.45) is 5.92 Å². The maximum Gasteiger partial charge on any atom is 0.338 e. The summed E-state index contributed by atoms with van der Waals surface area (Å²) in [6.07, 6.45) is 0.850. The van der Waals surface area contributed by atoms with Gasteiger partial charge in [0.25, 0.3) is 5.91 Å². The van der Waals surface area contributed by atoms with Crippen molar-refractivity contribution < 1.29 is 23.8 Å². The molecule has 1 aromatic carbocycles. The summed E-state index contributed by atoms with van der Waals surface area (Å²) in [5.41, 5.74) is 0.275. The molecular formula is C18H26BrNO5. The lowest BCUT2D eigenvalue weighted by Crippen LogP contribution is -2.38. The zero-order valence-electron chi connectivity index (χ0n) is 15.3. The molecule has 0 saturated carbocycles. The maximum atomic E-state index is 12.2. The summed E-state index contributed by atoms with van der Waals surface area (Å²) in [4.78, 5) is 24.0. The Kier molecular flexibility index (Phi) is 8.75. The number of esters is 1. The molecule has 0 aliphatic heterocycles. The summed E-state index contributed by atoms with van der Waals surface area (Å²) in [6, 6.07) is 3.13. The molecule has 0 aliphatic rings. The van der Waals surface area contributed by atoms with Crippen LogP contribution in [0.2, 0.25) is 0 Å². The number of nitrogens with one attached hydrogen (secondary N) is 1. The van der Waals surface area contributed by atoms with Crippen LogP contribution in [-0.4, -0.2) is 38.2 Å². The van der Waals surface area contributed by atoms with Gasteiger partial charge in [-0.1, -0.05) is 20.8 Å². The standard InChI is InChI=1S/C18H26BrNO5/c1-6-7-24-17-14(19)8-13(9-15(17)23-5)18(22)25-10-16(21)20-12(4)11(2)3/h8-9,11-12H,6-7,10H2,1-5H3,(H,20,21). The molecule has 0 aromatic heterocycles. The molecule has 0 saturated heterocycles. The topological polar surface area (TPSA) is 73.9 Å². The van der Waals surface area contributed by atoms with Crippen LogP contribution in [-0.2, 0) is 9.53 Å². The normalized spacial score (nSPS) is 11.8. The molecule has 0 bridgehead atoms. The third kappa shape index (κ3) is 6.57. The number of hydrogen-bond acceptors (Lipinski definition) is 5. The molecule has 1 aromatic rings. The van der Waals surface area contributed by atoms with Crippen molar-refractivity contribution in [1.82, 2.24) is 5.32 Å². The number of benzene rings is 1. The molecule has 7 heteroatoms. The summed E-state index contributed by atoms with van der Waals surface area (Å²) >= 11 is 3.37. The highest BCUT2D eigenvalue weighted by molar-refractivity contribution is 9.10. The van der Waals surface area contributed by atoms with E-state index in [1.54, 1.807) is 6.07 Å². The molecule has 1 amide bonds. The molecule has 0 radical (unpaired) electrons. The molecule has 6 nitrogen and oxygen atoms in total. The van der Waals surface area contributed by atoms with E-state index in [1.165, 1.54) is 13.2 Å². The Labute approximate surface area is 157 Å². The first kappa shape index (κ1) is 21.3. The van der Waals surface area contributed by atoms with E-state index in [9.17, 15) is 9.59 Å². The van der Waals surface area contributed by atoms with Crippen molar-refractivity contribution in [3.8, 4) is 11.5 Å². The van der Waals surface area contributed by atoms with Gasteiger partial charge >= 0.3 is 5.97 Å². The number of methoxy groups -OCH3 is 1. The second-order valence-corrected chi connectivity index (χ2v) is 6.87. The van der Waals surface area contributed by atoms with E-state index in [0.717, 1.165) is 6.42 Å². The van der Waals surface area contributed by atoms with Gasteiger partial charge in [-0.15, -0.1) is 0 Å². The minimum Gasteiger partial charge on any atom is -0.493 e. The van der Waals surface area contributed by atoms with Crippen molar-refractivity contribution in [1.29, 1.82) is 0 Å².